The Balaban J connectivity index is 0.000000483. The molecule has 13 heteroatoms. The van der Waals surface area contributed by atoms with E-state index in [0.29, 0.717) is 11.4 Å². The van der Waals surface area contributed by atoms with Gasteiger partial charge in [-0.25, -0.2) is 0 Å². The first-order valence-corrected chi connectivity index (χ1v) is 8.40. The Morgan fingerprint density at radius 1 is 0.741 bits per heavy atom. The summed E-state index contributed by atoms with van der Waals surface area (Å²) in [6.45, 7) is 0. The van der Waals surface area contributed by atoms with E-state index in [9.17, 15) is 9.59 Å². The molecule has 8 nitrogen and oxygen atoms in total. The molecule has 0 bridgehead atoms. The van der Waals surface area contributed by atoms with Crippen LogP contribution in [0.5, 0.6) is 0 Å². The van der Waals surface area contributed by atoms with Gasteiger partial charge in [0.1, 0.15) is 11.4 Å². The molecule has 0 saturated heterocycles. The molecule has 0 atom stereocenters. The maximum Gasteiger partial charge on any atom is 2.00 e. The third kappa shape index (κ3) is 11.6. The summed E-state index contributed by atoms with van der Waals surface area (Å²) in [5, 5.41) is 0. The van der Waals surface area contributed by atoms with Gasteiger partial charge in [-0.1, -0.05) is 12.1 Å². The molecule has 0 aliphatic heterocycles. The minimum atomic E-state index is -0.368. The summed E-state index contributed by atoms with van der Waals surface area (Å²) in [6.07, 6.45) is 3.06. The molecule has 2 aromatic rings. The molecular formula is C14H12CdN6O2S4. The van der Waals surface area contributed by atoms with Crippen molar-refractivity contribution >= 4 is 70.1 Å². The molecule has 0 aliphatic carbocycles. The van der Waals surface area contributed by atoms with Gasteiger partial charge < -0.3 is 60.5 Å². The Bertz CT molecular complexity index is 701. The molecule has 0 saturated carbocycles. The minimum Gasteiger partial charge on any atom is -0.410 e. The molecule has 0 aromatic carbocycles. The molecule has 136 valence electrons. The minimum absolute atomic E-state index is 0. The van der Waals surface area contributed by atoms with Gasteiger partial charge in [0, 0.05) is 12.4 Å². The van der Waals surface area contributed by atoms with Crippen LogP contribution >= 0.6 is 24.4 Å². The predicted octanol–water partition coefficient (Wildman–Crippen LogP) is 0.293. The van der Waals surface area contributed by atoms with Crippen LogP contribution in [-0.2, 0) is 52.6 Å². The van der Waals surface area contributed by atoms with Crippen molar-refractivity contribution < 1.29 is 36.9 Å². The number of aromatic nitrogens is 2. The average molecular weight is 537 g/mol. The van der Waals surface area contributed by atoms with Crippen molar-refractivity contribution in [3.8, 4) is 0 Å². The van der Waals surface area contributed by atoms with Crippen LogP contribution in [0, 0.1) is 0 Å². The van der Waals surface area contributed by atoms with Gasteiger partial charge in [0.2, 0.25) is 0 Å². The molecule has 4 N–H and O–H groups in total. The van der Waals surface area contributed by atoms with E-state index in [1.807, 2.05) is 0 Å². The maximum absolute atomic E-state index is 11.2. The van der Waals surface area contributed by atoms with E-state index in [2.05, 4.69) is 81.4 Å². The van der Waals surface area contributed by atoms with Crippen LogP contribution in [-0.4, -0.2) is 30.4 Å². The SMILES string of the molecule is O=C(NNC(=S)[S-])c1ccccn1.O=C(NNC(=S)[S-])c1ccccn1.[Cd+2]. The van der Waals surface area contributed by atoms with Crippen molar-refractivity contribution in [1.29, 1.82) is 0 Å². The molecule has 0 fully saturated rings. The molecule has 2 rings (SSSR count). The Morgan fingerprint density at radius 2 is 1.11 bits per heavy atom. The van der Waals surface area contributed by atoms with Crippen molar-refractivity contribution in [3.05, 3.63) is 60.2 Å². The zero-order chi connectivity index (χ0) is 19.4. The fraction of sp³-hybridized carbons (Fsp3) is 0. The van der Waals surface area contributed by atoms with Crippen LogP contribution in [0.15, 0.2) is 48.8 Å². The van der Waals surface area contributed by atoms with Gasteiger partial charge in [0.15, 0.2) is 0 Å². The van der Waals surface area contributed by atoms with E-state index >= 15 is 0 Å². The third-order valence-electron chi connectivity index (χ3n) is 2.35. The van der Waals surface area contributed by atoms with E-state index in [0.717, 1.165) is 0 Å². The monoisotopic (exact) mass is 538 g/mol. The first-order chi connectivity index (χ1) is 12.4. The Hall–Kier alpha value is -1.62. The summed E-state index contributed by atoms with van der Waals surface area (Å²) >= 11 is 18.1. The fourth-order valence-electron chi connectivity index (χ4n) is 1.34. The number of thiocarbonyl (C=S) groups is 2. The quantitative estimate of drug-likeness (QED) is 0.185. The van der Waals surface area contributed by atoms with Crippen molar-refractivity contribution in [2.24, 2.45) is 0 Å². The largest absolute Gasteiger partial charge is 2.00 e. The molecule has 2 heterocycles. The second-order valence-electron chi connectivity index (χ2n) is 4.16. The topological polar surface area (TPSA) is 108 Å². The van der Waals surface area contributed by atoms with E-state index < -0.39 is 0 Å². The Labute approximate surface area is 197 Å². The molecule has 0 aliphatic rings. The van der Waals surface area contributed by atoms with Crippen LogP contribution in [0.25, 0.3) is 0 Å². The number of carbonyl (C=O) groups is 2. The summed E-state index contributed by atoms with van der Waals surface area (Å²) in [6, 6.07) is 10.1. The van der Waals surface area contributed by atoms with Crippen LogP contribution in [0.1, 0.15) is 21.0 Å². The summed E-state index contributed by atoms with van der Waals surface area (Å²) < 4.78 is 0.175. The average Bonchev–Trinajstić information content (AvgIpc) is 2.66. The van der Waals surface area contributed by atoms with Gasteiger partial charge in [-0.05, 0) is 32.9 Å². The number of nitrogens with zero attached hydrogens (tertiary/aromatic N) is 2. The smallest absolute Gasteiger partial charge is 0.410 e. The number of amides is 2. The predicted molar refractivity (Wildman–Crippen MR) is 110 cm³/mol. The number of carbonyl (C=O) groups excluding carboxylic acids is 2. The van der Waals surface area contributed by atoms with Crippen molar-refractivity contribution in [1.82, 2.24) is 31.7 Å². The standard InChI is InChI=1S/2C7H7N3OS2.Cd/c2*11-6(9-10-7(12)13)5-3-1-2-4-8-5;/h2*1-4H,(H,9,11)(H2,10,12,13);/q;;+2/p-2. The molecule has 0 radical (unpaired) electrons. The van der Waals surface area contributed by atoms with Gasteiger partial charge in [-0.15, -0.1) is 0 Å². The number of hydrazine groups is 2. The van der Waals surface area contributed by atoms with Gasteiger partial charge in [-0.3, -0.25) is 30.4 Å². The van der Waals surface area contributed by atoms with E-state index in [4.69, 9.17) is 0 Å². The summed E-state index contributed by atoms with van der Waals surface area (Å²) in [5.74, 6) is -0.736. The molecule has 2 aromatic heterocycles. The third-order valence-corrected chi connectivity index (χ3v) is 2.76. The first-order valence-electron chi connectivity index (χ1n) is 6.77. The van der Waals surface area contributed by atoms with Crippen molar-refractivity contribution in [2.45, 2.75) is 0 Å². The Morgan fingerprint density at radius 3 is 1.37 bits per heavy atom. The molecule has 27 heavy (non-hydrogen) atoms. The zero-order valence-electron chi connectivity index (χ0n) is 13.7. The second kappa shape index (κ2) is 14.4. The maximum atomic E-state index is 11.2. The summed E-state index contributed by atoms with van der Waals surface area (Å²) in [5.41, 5.74) is 9.92. The summed E-state index contributed by atoms with van der Waals surface area (Å²) in [4.78, 5) is 30.1. The van der Waals surface area contributed by atoms with E-state index in [-0.39, 0.29) is 47.8 Å². The summed E-state index contributed by atoms with van der Waals surface area (Å²) in [7, 11) is 0. The van der Waals surface area contributed by atoms with Gasteiger partial charge in [0.05, 0.1) is 0 Å². The number of hydrogen-bond acceptors (Lipinski definition) is 8. The van der Waals surface area contributed by atoms with Crippen molar-refractivity contribution in [3.63, 3.8) is 0 Å². The van der Waals surface area contributed by atoms with Gasteiger partial charge in [-0.2, -0.15) is 0 Å². The molecule has 0 spiro atoms. The van der Waals surface area contributed by atoms with Gasteiger partial charge in [0.25, 0.3) is 11.8 Å². The fourth-order valence-corrected chi connectivity index (χ4v) is 1.54. The zero-order valence-corrected chi connectivity index (χ0v) is 21.0. The molecule has 2 amide bonds. The van der Waals surface area contributed by atoms with E-state index in [1.165, 1.54) is 12.4 Å². The van der Waals surface area contributed by atoms with Crippen LogP contribution in [0.3, 0.4) is 0 Å². The Kier molecular flexibility index (Phi) is 13.6. The number of nitrogens with one attached hydrogen (secondary N) is 4. The number of rotatable bonds is 2. The normalized spacial score (nSPS) is 8.59. The number of pyridine rings is 2. The number of hydrogen-bond donors (Lipinski definition) is 4. The van der Waals surface area contributed by atoms with Crippen LogP contribution in [0.4, 0.5) is 0 Å². The van der Waals surface area contributed by atoms with Crippen LogP contribution in [0.2, 0.25) is 0 Å². The second-order valence-corrected chi connectivity index (χ2v) is 6.31. The van der Waals surface area contributed by atoms with Crippen LogP contribution < -0.4 is 21.7 Å². The molecule has 0 unspecified atom stereocenters. The van der Waals surface area contributed by atoms with E-state index in [1.54, 1.807) is 36.4 Å². The first kappa shape index (κ1) is 25.4. The molecular weight excluding hydrogens is 525 g/mol. The van der Waals surface area contributed by atoms with Gasteiger partial charge >= 0.3 is 27.3 Å². The van der Waals surface area contributed by atoms with Crippen molar-refractivity contribution in [2.75, 3.05) is 0 Å².